The SMILES string of the molecule is C[C@H](c1ccccc1)N1C(=O)N[C@@H]2C(=O)SC[C@@H]21. The van der Waals surface area contributed by atoms with Crippen molar-refractivity contribution in [3.63, 3.8) is 0 Å². The Balaban J connectivity index is 1.88. The molecule has 1 aromatic carbocycles. The van der Waals surface area contributed by atoms with Gasteiger partial charge in [0, 0.05) is 5.75 Å². The van der Waals surface area contributed by atoms with Gasteiger partial charge in [0.05, 0.1) is 12.1 Å². The zero-order valence-electron chi connectivity index (χ0n) is 10.00. The molecular formula is C13H14N2O2S. The van der Waals surface area contributed by atoms with Crippen molar-refractivity contribution in [3.8, 4) is 0 Å². The lowest BCUT2D eigenvalue weighted by Crippen LogP contribution is -2.38. The van der Waals surface area contributed by atoms with Crippen molar-refractivity contribution in [3.05, 3.63) is 35.9 Å². The van der Waals surface area contributed by atoms with Crippen LogP contribution >= 0.6 is 11.8 Å². The van der Waals surface area contributed by atoms with Crippen LogP contribution in [0.15, 0.2) is 30.3 Å². The summed E-state index contributed by atoms with van der Waals surface area (Å²) in [5.41, 5.74) is 1.10. The Bertz CT molecular complexity index is 491. The zero-order valence-corrected chi connectivity index (χ0v) is 10.8. The maximum atomic E-state index is 12.0. The number of benzene rings is 1. The van der Waals surface area contributed by atoms with Crippen LogP contribution in [-0.4, -0.2) is 33.9 Å². The molecule has 3 atom stereocenters. The molecule has 0 bridgehead atoms. The first-order valence-corrected chi connectivity index (χ1v) is 6.97. The number of amides is 2. The first-order valence-electron chi connectivity index (χ1n) is 5.99. The Labute approximate surface area is 110 Å². The van der Waals surface area contributed by atoms with Gasteiger partial charge in [-0.3, -0.25) is 4.79 Å². The highest BCUT2D eigenvalue weighted by molar-refractivity contribution is 8.14. The van der Waals surface area contributed by atoms with E-state index < -0.39 is 0 Å². The van der Waals surface area contributed by atoms with Crippen LogP contribution in [0.25, 0.3) is 0 Å². The predicted octanol–water partition coefficient (Wildman–Crippen LogP) is 1.78. The van der Waals surface area contributed by atoms with E-state index in [0.29, 0.717) is 5.75 Å². The first kappa shape index (κ1) is 11.6. The number of carbonyl (C=O) groups is 2. The summed E-state index contributed by atoms with van der Waals surface area (Å²) < 4.78 is 0. The van der Waals surface area contributed by atoms with Gasteiger partial charge in [-0.05, 0) is 12.5 Å². The normalized spacial score (nSPS) is 28.2. The Morgan fingerprint density at radius 3 is 2.78 bits per heavy atom. The van der Waals surface area contributed by atoms with E-state index in [1.54, 1.807) is 4.90 Å². The van der Waals surface area contributed by atoms with E-state index in [-0.39, 0.29) is 29.3 Å². The third kappa shape index (κ3) is 1.70. The van der Waals surface area contributed by atoms with Crippen molar-refractivity contribution in [2.75, 3.05) is 5.75 Å². The third-order valence-corrected chi connectivity index (χ3v) is 4.65. The minimum absolute atomic E-state index is 0.00676. The number of fused-ring (bicyclic) bond motifs is 1. The maximum Gasteiger partial charge on any atom is 0.318 e. The molecule has 5 heteroatoms. The monoisotopic (exact) mass is 262 g/mol. The highest BCUT2D eigenvalue weighted by Gasteiger charge is 2.49. The van der Waals surface area contributed by atoms with E-state index in [1.807, 2.05) is 37.3 Å². The molecule has 0 aliphatic carbocycles. The van der Waals surface area contributed by atoms with Crippen molar-refractivity contribution in [1.82, 2.24) is 10.2 Å². The van der Waals surface area contributed by atoms with Gasteiger partial charge in [0.2, 0.25) is 5.12 Å². The van der Waals surface area contributed by atoms with E-state index >= 15 is 0 Å². The lowest BCUT2D eigenvalue weighted by molar-refractivity contribution is -0.112. The summed E-state index contributed by atoms with van der Waals surface area (Å²) in [6.45, 7) is 2.00. The number of nitrogens with zero attached hydrogens (tertiary/aromatic N) is 1. The minimum atomic E-state index is -0.325. The number of hydrogen-bond acceptors (Lipinski definition) is 3. The molecule has 2 aliphatic heterocycles. The van der Waals surface area contributed by atoms with Crippen molar-refractivity contribution in [2.45, 2.75) is 25.0 Å². The van der Waals surface area contributed by atoms with Crippen LogP contribution in [0.2, 0.25) is 0 Å². The Kier molecular flexibility index (Phi) is 2.78. The minimum Gasteiger partial charge on any atom is -0.325 e. The summed E-state index contributed by atoms with van der Waals surface area (Å²) in [4.78, 5) is 25.4. The fraction of sp³-hybridized carbons (Fsp3) is 0.385. The summed E-state index contributed by atoms with van der Waals surface area (Å²) in [6, 6.07) is 9.43. The van der Waals surface area contributed by atoms with Gasteiger partial charge in [-0.25, -0.2) is 4.79 Å². The van der Waals surface area contributed by atoms with Crippen LogP contribution in [0, 0.1) is 0 Å². The van der Waals surface area contributed by atoms with Gasteiger partial charge >= 0.3 is 6.03 Å². The number of urea groups is 1. The van der Waals surface area contributed by atoms with Gasteiger partial charge in [0.25, 0.3) is 0 Å². The Morgan fingerprint density at radius 1 is 1.33 bits per heavy atom. The van der Waals surface area contributed by atoms with Crippen LogP contribution in [0.3, 0.4) is 0 Å². The topological polar surface area (TPSA) is 49.4 Å². The predicted molar refractivity (Wildman–Crippen MR) is 70.3 cm³/mol. The van der Waals surface area contributed by atoms with Crippen LogP contribution in [0.4, 0.5) is 4.79 Å². The molecule has 0 saturated carbocycles. The van der Waals surface area contributed by atoms with Crippen LogP contribution < -0.4 is 5.32 Å². The van der Waals surface area contributed by atoms with Crippen molar-refractivity contribution >= 4 is 22.9 Å². The zero-order chi connectivity index (χ0) is 12.7. The molecule has 2 saturated heterocycles. The fourth-order valence-electron chi connectivity index (χ4n) is 2.62. The van der Waals surface area contributed by atoms with Gasteiger partial charge in [0.15, 0.2) is 0 Å². The number of carbonyl (C=O) groups excluding carboxylic acids is 2. The fourth-order valence-corrected chi connectivity index (χ4v) is 3.70. The van der Waals surface area contributed by atoms with Gasteiger partial charge in [0.1, 0.15) is 6.04 Å². The summed E-state index contributed by atoms with van der Waals surface area (Å²) in [6.07, 6.45) is 0. The second-order valence-electron chi connectivity index (χ2n) is 4.62. The molecule has 1 N–H and O–H groups in total. The third-order valence-electron chi connectivity index (χ3n) is 3.61. The number of rotatable bonds is 2. The van der Waals surface area contributed by atoms with Crippen LogP contribution in [0.5, 0.6) is 0 Å². The lowest BCUT2D eigenvalue weighted by atomic mass is 10.0. The highest BCUT2D eigenvalue weighted by atomic mass is 32.2. The number of nitrogens with one attached hydrogen (secondary N) is 1. The van der Waals surface area contributed by atoms with Gasteiger partial charge in [-0.1, -0.05) is 42.1 Å². The smallest absolute Gasteiger partial charge is 0.318 e. The molecule has 0 aromatic heterocycles. The highest BCUT2D eigenvalue weighted by Crippen LogP contribution is 2.34. The Hall–Kier alpha value is -1.49. The van der Waals surface area contributed by atoms with Crippen LogP contribution in [0.1, 0.15) is 18.5 Å². The molecule has 3 rings (SSSR count). The van der Waals surface area contributed by atoms with E-state index in [4.69, 9.17) is 0 Å². The molecule has 1 aromatic rings. The number of hydrogen-bond donors (Lipinski definition) is 1. The van der Waals surface area contributed by atoms with Crippen LogP contribution in [-0.2, 0) is 4.79 Å². The number of thioether (sulfide) groups is 1. The van der Waals surface area contributed by atoms with Crippen molar-refractivity contribution in [2.24, 2.45) is 0 Å². The summed E-state index contributed by atoms with van der Waals surface area (Å²) >= 11 is 1.31. The molecular weight excluding hydrogens is 248 g/mol. The van der Waals surface area contributed by atoms with E-state index in [2.05, 4.69) is 5.32 Å². The summed E-state index contributed by atoms with van der Waals surface area (Å²) in [5, 5.41) is 2.86. The lowest BCUT2D eigenvalue weighted by Gasteiger charge is -2.28. The molecule has 0 unspecified atom stereocenters. The molecule has 0 spiro atoms. The Morgan fingerprint density at radius 2 is 2.06 bits per heavy atom. The van der Waals surface area contributed by atoms with Crippen molar-refractivity contribution < 1.29 is 9.59 Å². The second kappa shape index (κ2) is 4.31. The molecule has 2 fully saturated rings. The van der Waals surface area contributed by atoms with E-state index in [1.165, 1.54) is 11.8 Å². The van der Waals surface area contributed by atoms with Gasteiger partial charge in [-0.2, -0.15) is 0 Å². The molecule has 4 nitrogen and oxygen atoms in total. The summed E-state index contributed by atoms with van der Waals surface area (Å²) in [7, 11) is 0. The summed E-state index contributed by atoms with van der Waals surface area (Å²) in [5.74, 6) is 0.694. The first-order chi connectivity index (χ1) is 8.68. The molecule has 94 valence electrons. The molecule has 2 heterocycles. The van der Waals surface area contributed by atoms with Crippen molar-refractivity contribution in [1.29, 1.82) is 0 Å². The van der Waals surface area contributed by atoms with E-state index in [9.17, 15) is 9.59 Å². The molecule has 2 aliphatic rings. The van der Waals surface area contributed by atoms with Gasteiger partial charge in [-0.15, -0.1) is 0 Å². The van der Waals surface area contributed by atoms with E-state index in [0.717, 1.165) is 5.56 Å². The average molecular weight is 262 g/mol. The largest absolute Gasteiger partial charge is 0.325 e. The molecule has 18 heavy (non-hydrogen) atoms. The molecule has 0 radical (unpaired) electrons. The molecule has 2 amide bonds. The second-order valence-corrected chi connectivity index (χ2v) is 5.64. The van der Waals surface area contributed by atoms with Gasteiger partial charge < -0.3 is 10.2 Å². The standard InChI is InChI=1S/C13H14N2O2S/c1-8(9-5-3-2-4-6-9)15-10-7-18-12(16)11(10)14-13(15)17/h2-6,8,10-11H,7H2,1H3,(H,14,17)/t8-,10+,11+/m1/s1. The average Bonchev–Trinajstić information content (AvgIpc) is 2.89. The quantitative estimate of drug-likeness (QED) is 0.827. The maximum absolute atomic E-state index is 12.0.